The predicted octanol–water partition coefficient (Wildman–Crippen LogP) is 4.56. The highest BCUT2D eigenvalue weighted by atomic mass is 19.4. The molecule has 0 bridgehead atoms. The van der Waals surface area contributed by atoms with Crippen LogP contribution in [0.1, 0.15) is 21.5 Å². The molecular formula is C25H25F3N2O4. The number of nitrogens with one attached hydrogen (secondary N) is 1. The minimum Gasteiger partial charge on any atom is -0.492 e. The van der Waals surface area contributed by atoms with Crippen molar-refractivity contribution in [2.45, 2.75) is 19.6 Å². The van der Waals surface area contributed by atoms with Crippen LogP contribution in [0.2, 0.25) is 0 Å². The van der Waals surface area contributed by atoms with E-state index in [0.717, 1.165) is 30.0 Å². The molecule has 0 aliphatic heterocycles. The molecule has 0 aliphatic rings. The summed E-state index contributed by atoms with van der Waals surface area (Å²) in [5.41, 5.74) is 10.4. The Morgan fingerprint density at radius 1 is 0.971 bits per heavy atom. The van der Waals surface area contributed by atoms with Gasteiger partial charge in [-0.3, -0.25) is 4.79 Å². The van der Waals surface area contributed by atoms with E-state index in [9.17, 15) is 18.0 Å². The molecule has 34 heavy (non-hydrogen) atoms. The lowest BCUT2D eigenvalue weighted by Gasteiger charge is -2.09. The number of ether oxygens (including phenoxy) is 1. The predicted molar refractivity (Wildman–Crippen MR) is 122 cm³/mol. The summed E-state index contributed by atoms with van der Waals surface area (Å²) in [4.78, 5) is 20.2. The first-order chi connectivity index (χ1) is 16.1. The number of aliphatic carboxylic acids is 1. The molecular weight excluding hydrogens is 449 g/mol. The number of halogens is 3. The topological polar surface area (TPSA) is 102 Å². The van der Waals surface area contributed by atoms with Gasteiger partial charge in [0.1, 0.15) is 12.4 Å². The van der Waals surface area contributed by atoms with Gasteiger partial charge in [0.15, 0.2) is 0 Å². The maximum Gasteiger partial charge on any atom is 0.490 e. The SMILES string of the molecule is Cc1ccc(CNCCOc2ccc(-c3cccc(C(N)=O)c3)cc2)cc1.O=C(O)C(F)(F)F. The standard InChI is InChI=1S/C23H24N2O2.C2HF3O2/c1-17-5-7-18(8-6-17)16-25-13-14-27-22-11-9-19(10-12-22)20-3-2-4-21(15-20)23(24)26;3-2(4,5)1(6)7/h2-12,15,25H,13-14,16H2,1H3,(H2,24,26);(H,6,7). The number of hydrogen-bond donors (Lipinski definition) is 3. The van der Waals surface area contributed by atoms with Crippen LogP contribution >= 0.6 is 0 Å². The van der Waals surface area contributed by atoms with Crippen molar-refractivity contribution in [3.8, 4) is 16.9 Å². The lowest BCUT2D eigenvalue weighted by atomic mass is 10.0. The highest BCUT2D eigenvalue weighted by Gasteiger charge is 2.38. The van der Waals surface area contributed by atoms with Gasteiger partial charge in [-0.05, 0) is 47.9 Å². The first kappa shape index (κ1) is 26.4. The molecule has 0 unspecified atom stereocenters. The molecule has 0 radical (unpaired) electrons. The van der Waals surface area contributed by atoms with Crippen molar-refractivity contribution in [3.05, 3.63) is 89.5 Å². The van der Waals surface area contributed by atoms with E-state index in [1.54, 1.807) is 12.1 Å². The molecule has 9 heteroatoms. The second-order valence-electron chi connectivity index (χ2n) is 7.28. The monoisotopic (exact) mass is 474 g/mol. The van der Waals surface area contributed by atoms with Crippen LogP contribution < -0.4 is 15.8 Å². The Balaban J connectivity index is 0.000000509. The van der Waals surface area contributed by atoms with Crippen LogP contribution in [0.25, 0.3) is 11.1 Å². The lowest BCUT2D eigenvalue weighted by molar-refractivity contribution is -0.192. The third kappa shape index (κ3) is 8.95. The minimum absolute atomic E-state index is 0.421. The van der Waals surface area contributed by atoms with E-state index in [2.05, 4.69) is 36.5 Å². The van der Waals surface area contributed by atoms with Crippen LogP contribution in [0.3, 0.4) is 0 Å². The number of amides is 1. The number of carbonyl (C=O) groups excluding carboxylic acids is 1. The summed E-state index contributed by atoms with van der Waals surface area (Å²) in [6, 6.07) is 23.6. The Labute approximate surface area is 195 Å². The van der Waals surface area contributed by atoms with Crippen LogP contribution in [0.15, 0.2) is 72.8 Å². The van der Waals surface area contributed by atoms with Crippen molar-refractivity contribution in [1.29, 1.82) is 0 Å². The molecule has 0 atom stereocenters. The Hall–Kier alpha value is -3.85. The first-order valence-corrected chi connectivity index (χ1v) is 10.3. The Kier molecular flexibility index (Phi) is 9.63. The Bertz CT molecular complexity index is 1080. The summed E-state index contributed by atoms with van der Waals surface area (Å²) in [6.07, 6.45) is -5.08. The van der Waals surface area contributed by atoms with Crippen LogP contribution in [0.4, 0.5) is 13.2 Å². The van der Waals surface area contributed by atoms with Crippen molar-refractivity contribution in [2.75, 3.05) is 13.2 Å². The largest absolute Gasteiger partial charge is 0.492 e. The van der Waals surface area contributed by atoms with Gasteiger partial charge in [-0.2, -0.15) is 13.2 Å². The number of benzene rings is 3. The van der Waals surface area contributed by atoms with Gasteiger partial charge in [-0.1, -0.05) is 54.1 Å². The zero-order valence-electron chi connectivity index (χ0n) is 18.4. The van der Waals surface area contributed by atoms with E-state index in [4.69, 9.17) is 20.4 Å². The maximum atomic E-state index is 11.3. The number of nitrogens with two attached hydrogens (primary N) is 1. The van der Waals surface area contributed by atoms with Gasteiger partial charge >= 0.3 is 12.1 Å². The molecule has 6 nitrogen and oxygen atoms in total. The van der Waals surface area contributed by atoms with E-state index >= 15 is 0 Å². The highest BCUT2D eigenvalue weighted by molar-refractivity contribution is 5.94. The second-order valence-corrected chi connectivity index (χ2v) is 7.28. The average molecular weight is 474 g/mol. The zero-order chi connectivity index (χ0) is 25.1. The molecule has 3 aromatic rings. The fraction of sp³-hybridized carbons (Fsp3) is 0.200. The number of hydrogen-bond acceptors (Lipinski definition) is 4. The van der Waals surface area contributed by atoms with Gasteiger partial charge in [0.2, 0.25) is 5.91 Å². The molecule has 180 valence electrons. The summed E-state index contributed by atoms with van der Waals surface area (Å²) < 4.78 is 37.5. The van der Waals surface area contributed by atoms with Crippen molar-refractivity contribution < 1.29 is 32.6 Å². The Morgan fingerprint density at radius 2 is 1.59 bits per heavy atom. The smallest absolute Gasteiger partial charge is 0.490 e. The van der Waals surface area contributed by atoms with Crippen molar-refractivity contribution in [3.63, 3.8) is 0 Å². The normalized spacial score (nSPS) is 10.7. The molecule has 0 spiro atoms. The van der Waals surface area contributed by atoms with Crippen molar-refractivity contribution in [1.82, 2.24) is 5.32 Å². The Morgan fingerprint density at radius 3 is 2.15 bits per heavy atom. The summed E-state index contributed by atoms with van der Waals surface area (Å²) in [5, 5.41) is 10.5. The summed E-state index contributed by atoms with van der Waals surface area (Å²) in [5.74, 6) is -2.36. The molecule has 4 N–H and O–H groups in total. The molecule has 3 rings (SSSR count). The van der Waals surface area contributed by atoms with Gasteiger partial charge in [-0.25, -0.2) is 4.79 Å². The number of carboxylic acids is 1. The summed E-state index contributed by atoms with van der Waals surface area (Å²) >= 11 is 0. The van der Waals surface area contributed by atoms with Crippen LogP contribution in [0, 0.1) is 6.92 Å². The summed E-state index contributed by atoms with van der Waals surface area (Å²) in [7, 11) is 0. The van der Waals surface area contributed by atoms with Gasteiger partial charge in [-0.15, -0.1) is 0 Å². The van der Waals surface area contributed by atoms with E-state index in [-0.39, 0.29) is 0 Å². The fourth-order valence-electron chi connectivity index (χ4n) is 2.78. The maximum absolute atomic E-state index is 11.3. The van der Waals surface area contributed by atoms with E-state index < -0.39 is 18.1 Å². The number of alkyl halides is 3. The third-order valence-corrected chi connectivity index (χ3v) is 4.57. The van der Waals surface area contributed by atoms with Crippen molar-refractivity contribution >= 4 is 11.9 Å². The van der Waals surface area contributed by atoms with Crippen LogP contribution in [-0.4, -0.2) is 36.3 Å². The van der Waals surface area contributed by atoms with Crippen LogP contribution in [0.5, 0.6) is 5.75 Å². The highest BCUT2D eigenvalue weighted by Crippen LogP contribution is 2.23. The fourth-order valence-corrected chi connectivity index (χ4v) is 2.78. The molecule has 0 saturated heterocycles. The number of carbonyl (C=O) groups is 2. The van der Waals surface area contributed by atoms with Gasteiger partial charge in [0.25, 0.3) is 0 Å². The lowest BCUT2D eigenvalue weighted by Crippen LogP contribution is -2.21. The minimum atomic E-state index is -5.08. The van der Waals surface area contributed by atoms with Crippen molar-refractivity contribution in [2.24, 2.45) is 5.73 Å². The molecule has 0 heterocycles. The molecule has 0 aromatic heterocycles. The number of carboxylic acid groups (broad SMARTS) is 1. The first-order valence-electron chi connectivity index (χ1n) is 10.3. The second kappa shape index (κ2) is 12.4. The van der Waals surface area contributed by atoms with E-state index in [0.29, 0.717) is 12.2 Å². The molecule has 3 aromatic carbocycles. The average Bonchev–Trinajstić information content (AvgIpc) is 2.80. The van der Waals surface area contributed by atoms with Gasteiger partial charge in [0, 0.05) is 18.7 Å². The van der Waals surface area contributed by atoms with Gasteiger partial charge in [0.05, 0.1) is 0 Å². The van der Waals surface area contributed by atoms with E-state index in [1.807, 2.05) is 36.4 Å². The van der Waals surface area contributed by atoms with E-state index in [1.165, 1.54) is 11.1 Å². The number of rotatable bonds is 8. The number of primary amides is 1. The van der Waals surface area contributed by atoms with Crippen LogP contribution in [-0.2, 0) is 11.3 Å². The summed E-state index contributed by atoms with van der Waals surface area (Å²) in [6.45, 7) is 4.29. The molecule has 0 fully saturated rings. The molecule has 0 saturated carbocycles. The number of aryl methyl sites for hydroxylation is 1. The zero-order valence-corrected chi connectivity index (χ0v) is 18.4. The third-order valence-electron chi connectivity index (χ3n) is 4.57. The quantitative estimate of drug-likeness (QED) is 0.416. The molecule has 0 aliphatic carbocycles. The molecule has 1 amide bonds. The van der Waals surface area contributed by atoms with Gasteiger partial charge < -0.3 is 20.9 Å².